The van der Waals surface area contributed by atoms with Gasteiger partial charge in [-0.25, -0.2) is 9.97 Å². The van der Waals surface area contributed by atoms with Gasteiger partial charge >= 0.3 is 6.18 Å². The molecular weight excluding hydrogens is 495 g/mol. The number of ether oxygens (including phenoxy) is 1. The maximum atomic E-state index is 13.2. The lowest BCUT2D eigenvalue weighted by Crippen LogP contribution is -2.37. The first kappa shape index (κ1) is 28.3. The molecule has 1 amide bonds. The Morgan fingerprint density at radius 2 is 1.95 bits per heavy atom. The molecule has 208 valence electrons. The molecule has 10 heteroatoms. The number of carbonyl (C=O) groups is 1. The van der Waals surface area contributed by atoms with Gasteiger partial charge in [0.1, 0.15) is 11.6 Å². The van der Waals surface area contributed by atoms with Crippen molar-refractivity contribution in [2.45, 2.75) is 70.1 Å². The number of aromatic nitrogens is 2. The lowest BCUT2D eigenvalue weighted by atomic mass is 9.78. The van der Waals surface area contributed by atoms with Crippen molar-refractivity contribution >= 4 is 22.6 Å². The van der Waals surface area contributed by atoms with Crippen LogP contribution in [0, 0.1) is 18.8 Å². The molecule has 38 heavy (non-hydrogen) atoms. The fourth-order valence-electron chi connectivity index (χ4n) is 5.80. The Morgan fingerprint density at radius 3 is 2.58 bits per heavy atom. The molecule has 7 nitrogen and oxygen atoms in total. The first-order valence-corrected chi connectivity index (χ1v) is 13.3. The van der Waals surface area contributed by atoms with E-state index < -0.39 is 23.7 Å². The Labute approximate surface area is 222 Å². The summed E-state index contributed by atoms with van der Waals surface area (Å²) in [5.41, 5.74) is 7.48. The SMILES string of the molecule is COCCN(C)C(=O)C1CCC(c2ccc3nc(C)nc(NC(C)C4C=C(C(F)(F)F)CC4N)c3c2)CC1. The molecule has 0 spiro atoms. The van der Waals surface area contributed by atoms with E-state index in [9.17, 15) is 18.0 Å². The molecule has 0 aliphatic heterocycles. The number of alkyl halides is 3. The van der Waals surface area contributed by atoms with Gasteiger partial charge in [0.05, 0.1) is 12.1 Å². The summed E-state index contributed by atoms with van der Waals surface area (Å²) in [6.45, 7) is 4.76. The number of halogens is 3. The van der Waals surface area contributed by atoms with E-state index in [4.69, 9.17) is 10.5 Å². The number of nitrogens with zero attached hydrogens (tertiary/aromatic N) is 3. The summed E-state index contributed by atoms with van der Waals surface area (Å²) in [5, 5.41) is 4.19. The van der Waals surface area contributed by atoms with Crippen LogP contribution in [0.25, 0.3) is 10.9 Å². The van der Waals surface area contributed by atoms with Crippen molar-refractivity contribution in [1.29, 1.82) is 0 Å². The number of aryl methyl sites for hydroxylation is 1. The molecule has 0 saturated heterocycles. The highest BCUT2D eigenvalue weighted by atomic mass is 19.4. The van der Waals surface area contributed by atoms with Crippen LogP contribution in [0.15, 0.2) is 29.8 Å². The van der Waals surface area contributed by atoms with E-state index in [0.29, 0.717) is 30.7 Å². The summed E-state index contributed by atoms with van der Waals surface area (Å²) in [6.07, 6.45) is 0.208. The average Bonchev–Trinajstić information content (AvgIpc) is 3.29. The fraction of sp³-hybridized carbons (Fsp3) is 0.607. The van der Waals surface area contributed by atoms with Crippen LogP contribution in [0.5, 0.6) is 0 Å². The van der Waals surface area contributed by atoms with Gasteiger partial charge in [0.25, 0.3) is 0 Å². The first-order chi connectivity index (χ1) is 18.0. The number of nitrogens with two attached hydrogens (primary N) is 1. The van der Waals surface area contributed by atoms with Crippen molar-refractivity contribution in [1.82, 2.24) is 14.9 Å². The van der Waals surface area contributed by atoms with Crippen LogP contribution in [0.2, 0.25) is 0 Å². The van der Waals surface area contributed by atoms with Gasteiger partial charge < -0.3 is 20.7 Å². The number of likely N-dealkylation sites (N-methyl/N-ethyl adjacent to an activating group) is 1. The lowest BCUT2D eigenvalue weighted by molar-refractivity contribution is -0.135. The van der Waals surface area contributed by atoms with Gasteiger partial charge in [0.15, 0.2) is 0 Å². The summed E-state index contributed by atoms with van der Waals surface area (Å²) < 4.78 is 44.8. The molecule has 1 fully saturated rings. The molecule has 2 aliphatic carbocycles. The number of methoxy groups -OCH3 is 1. The highest BCUT2D eigenvalue weighted by Gasteiger charge is 2.41. The number of amides is 1. The molecule has 2 aromatic rings. The minimum absolute atomic E-state index is 0.0305. The van der Waals surface area contributed by atoms with E-state index in [0.717, 1.165) is 42.1 Å². The normalized spacial score (nSPS) is 24.8. The van der Waals surface area contributed by atoms with Crippen molar-refractivity contribution < 1.29 is 22.7 Å². The number of carbonyl (C=O) groups excluding carboxylic acids is 1. The zero-order valence-electron chi connectivity index (χ0n) is 22.5. The van der Waals surface area contributed by atoms with E-state index in [1.807, 2.05) is 20.0 Å². The molecule has 1 heterocycles. The van der Waals surface area contributed by atoms with E-state index in [2.05, 4.69) is 27.4 Å². The summed E-state index contributed by atoms with van der Waals surface area (Å²) in [5.74, 6) is 1.25. The van der Waals surface area contributed by atoms with E-state index in [1.165, 1.54) is 6.08 Å². The standard InChI is InChI=1S/C28H38F3N5O2/c1-16(22-14-21(15-24(22)32)28(29,30)31)33-26-23-13-20(9-10-25(23)34-17(2)35-26)18-5-7-19(8-6-18)27(37)36(3)11-12-38-4/h9-10,13-14,16,18-19,22,24H,5-8,11-12,15,32H2,1-4H3,(H,33,34,35). The van der Waals surface area contributed by atoms with Crippen LogP contribution in [0.4, 0.5) is 19.0 Å². The molecule has 0 bridgehead atoms. The first-order valence-electron chi connectivity index (χ1n) is 13.3. The molecule has 3 atom stereocenters. The molecule has 4 rings (SSSR count). The zero-order valence-corrected chi connectivity index (χ0v) is 22.5. The molecule has 1 saturated carbocycles. The molecule has 2 aliphatic rings. The number of fused-ring (bicyclic) bond motifs is 1. The molecule has 0 radical (unpaired) electrons. The molecule has 3 N–H and O–H groups in total. The number of hydrogen-bond donors (Lipinski definition) is 2. The van der Waals surface area contributed by atoms with E-state index in [1.54, 1.807) is 18.9 Å². The Bertz CT molecular complexity index is 1180. The second-order valence-corrected chi connectivity index (χ2v) is 10.8. The van der Waals surface area contributed by atoms with Crippen LogP contribution in [0.3, 0.4) is 0 Å². The predicted octanol–water partition coefficient (Wildman–Crippen LogP) is 4.95. The minimum atomic E-state index is -4.36. The molecule has 1 aromatic carbocycles. The largest absolute Gasteiger partial charge is 0.412 e. The third-order valence-electron chi connectivity index (χ3n) is 8.04. The van der Waals surface area contributed by atoms with Crippen LogP contribution in [-0.4, -0.2) is 66.3 Å². The van der Waals surface area contributed by atoms with E-state index in [-0.39, 0.29) is 24.3 Å². The van der Waals surface area contributed by atoms with Gasteiger partial charge in [-0.05, 0) is 69.6 Å². The Hall–Kier alpha value is -2.72. The Balaban J connectivity index is 1.50. The summed E-state index contributed by atoms with van der Waals surface area (Å²) in [4.78, 5) is 23.7. The summed E-state index contributed by atoms with van der Waals surface area (Å²) in [7, 11) is 3.46. The third-order valence-corrected chi connectivity index (χ3v) is 8.04. The number of rotatable bonds is 8. The Morgan fingerprint density at radius 1 is 1.24 bits per heavy atom. The number of nitrogens with one attached hydrogen (secondary N) is 1. The van der Waals surface area contributed by atoms with Crippen molar-refractivity contribution in [2.24, 2.45) is 17.6 Å². The molecule has 1 aromatic heterocycles. The van der Waals surface area contributed by atoms with Crippen molar-refractivity contribution in [3.63, 3.8) is 0 Å². The van der Waals surface area contributed by atoms with Gasteiger partial charge in [-0.1, -0.05) is 12.1 Å². The maximum absolute atomic E-state index is 13.2. The predicted molar refractivity (Wildman–Crippen MR) is 142 cm³/mol. The van der Waals surface area contributed by atoms with Crippen molar-refractivity contribution in [3.8, 4) is 0 Å². The van der Waals surface area contributed by atoms with Gasteiger partial charge in [-0.2, -0.15) is 13.2 Å². The minimum Gasteiger partial charge on any atom is -0.383 e. The highest BCUT2D eigenvalue weighted by molar-refractivity contribution is 5.90. The second kappa shape index (κ2) is 11.6. The number of benzene rings is 1. The highest BCUT2D eigenvalue weighted by Crippen LogP contribution is 2.39. The van der Waals surface area contributed by atoms with Crippen LogP contribution in [-0.2, 0) is 9.53 Å². The zero-order chi connectivity index (χ0) is 27.6. The third kappa shape index (κ3) is 6.29. The topological polar surface area (TPSA) is 93.4 Å². The van der Waals surface area contributed by atoms with Gasteiger partial charge in [0, 0.05) is 55.6 Å². The number of hydrogen-bond acceptors (Lipinski definition) is 6. The fourth-order valence-corrected chi connectivity index (χ4v) is 5.80. The molecular formula is C28H38F3N5O2. The van der Waals surface area contributed by atoms with Gasteiger partial charge in [-0.15, -0.1) is 0 Å². The molecule has 3 unspecified atom stereocenters. The van der Waals surface area contributed by atoms with Gasteiger partial charge in [-0.3, -0.25) is 4.79 Å². The van der Waals surface area contributed by atoms with Crippen LogP contribution in [0.1, 0.15) is 56.3 Å². The smallest absolute Gasteiger partial charge is 0.383 e. The van der Waals surface area contributed by atoms with Crippen molar-refractivity contribution in [2.75, 3.05) is 32.6 Å². The van der Waals surface area contributed by atoms with Crippen LogP contribution >= 0.6 is 0 Å². The lowest BCUT2D eigenvalue weighted by Gasteiger charge is -2.31. The Kier molecular flexibility index (Phi) is 8.62. The average molecular weight is 534 g/mol. The number of anilines is 1. The maximum Gasteiger partial charge on any atom is 0.412 e. The summed E-state index contributed by atoms with van der Waals surface area (Å²) >= 11 is 0. The second-order valence-electron chi connectivity index (χ2n) is 10.8. The van der Waals surface area contributed by atoms with E-state index >= 15 is 0 Å². The van der Waals surface area contributed by atoms with Gasteiger partial charge in [0.2, 0.25) is 5.91 Å². The quantitative estimate of drug-likeness (QED) is 0.467. The monoisotopic (exact) mass is 533 g/mol. The van der Waals surface area contributed by atoms with Crippen LogP contribution < -0.4 is 11.1 Å². The summed E-state index contributed by atoms with van der Waals surface area (Å²) in [6, 6.07) is 5.21. The van der Waals surface area contributed by atoms with Crippen molar-refractivity contribution in [3.05, 3.63) is 41.2 Å².